The number of pyridine rings is 1. The molecule has 408 valence electrons. The van der Waals surface area contributed by atoms with Gasteiger partial charge in [-0.1, -0.05) is 75.4 Å². The Bertz CT molecular complexity index is 3430. The molecule has 0 unspecified atom stereocenters. The SMILES string of the molecule is Cc1ncsc1-c1ccc(CNC(=O)[C@@H]2C[C@@H](O)CN2C(=O)[C@@H](NC(=O)c2cccc(COc3ccc(Nc4[nH]nc(-c5ccc(NS(=O)(=O)C(F)F)c(O[C@@H](C)c6ccc(F)cc6)c5)c4C(N)=O)nc3)c2)C(C)(C)C)cc1. The van der Waals surface area contributed by atoms with Gasteiger partial charge in [0.05, 0.1) is 34.1 Å². The lowest BCUT2D eigenvalue weighted by Gasteiger charge is -2.35. The highest BCUT2D eigenvalue weighted by atomic mass is 32.2. The number of aliphatic hydroxyl groups excluding tert-OH is 1. The molecule has 1 aliphatic rings. The van der Waals surface area contributed by atoms with E-state index < -0.39 is 74.9 Å². The predicted octanol–water partition coefficient (Wildman–Crippen LogP) is 7.99. The average molecular weight is 1110 g/mol. The van der Waals surface area contributed by atoms with Crippen LogP contribution in [0, 0.1) is 18.2 Å². The lowest BCUT2D eigenvalue weighted by atomic mass is 9.85. The van der Waals surface area contributed by atoms with Crippen LogP contribution >= 0.6 is 11.3 Å². The number of ether oxygens (including phenoxy) is 2. The van der Waals surface area contributed by atoms with Gasteiger partial charge in [-0.3, -0.25) is 29.0 Å². The third-order valence-corrected chi connectivity index (χ3v) is 14.6. The molecule has 3 aromatic heterocycles. The second-order valence-electron chi connectivity index (χ2n) is 19.5. The molecule has 0 spiro atoms. The first kappa shape index (κ1) is 55.9. The van der Waals surface area contributed by atoms with Gasteiger partial charge in [0.1, 0.15) is 65.0 Å². The van der Waals surface area contributed by atoms with Crippen LogP contribution in [0.4, 0.5) is 30.5 Å². The number of aromatic nitrogens is 4. The molecule has 4 aromatic carbocycles. The Hall–Kier alpha value is -8.35. The van der Waals surface area contributed by atoms with Crippen LogP contribution in [-0.2, 0) is 32.8 Å². The first-order valence-corrected chi connectivity index (χ1v) is 26.7. The summed E-state index contributed by atoms with van der Waals surface area (Å²) in [7, 11) is -5.14. The van der Waals surface area contributed by atoms with Crippen LogP contribution in [0.2, 0.25) is 0 Å². The third-order valence-electron chi connectivity index (χ3n) is 12.7. The quantitative estimate of drug-likeness (QED) is 0.0382. The smallest absolute Gasteiger partial charge is 0.355 e. The van der Waals surface area contributed by atoms with E-state index in [0.29, 0.717) is 16.9 Å². The number of carbonyl (C=O) groups excluding carboxylic acids is 4. The number of sulfonamides is 1. The maximum Gasteiger partial charge on any atom is 0.355 e. The van der Waals surface area contributed by atoms with Gasteiger partial charge in [-0.25, -0.2) is 22.8 Å². The molecule has 19 nitrogen and oxygen atoms in total. The number of primary amides is 1. The van der Waals surface area contributed by atoms with E-state index in [0.717, 1.165) is 27.8 Å². The lowest BCUT2D eigenvalue weighted by Crippen LogP contribution is -2.57. The third kappa shape index (κ3) is 13.2. The second kappa shape index (κ2) is 23.5. The van der Waals surface area contributed by atoms with Crippen molar-refractivity contribution in [2.75, 3.05) is 16.6 Å². The first-order valence-electron chi connectivity index (χ1n) is 24.3. The van der Waals surface area contributed by atoms with Crippen LogP contribution in [0.3, 0.4) is 0 Å². The van der Waals surface area contributed by atoms with E-state index >= 15 is 0 Å². The number of hydrogen-bond acceptors (Lipinski definition) is 14. The number of H-pyrrole nitrogens is 1. The van der Waals surface area contributed by atoms with Crippen molar-refractivity contribution >= 4 is 62.3 Å². The summed E-state index contributed by atoms with van der Waals surface area (Å²) < 4.78 is 78.6. The highest BCUT2D eigenvalue weighted by Crippen LogP contribution is 2.38. The standard InChI is InChI=1S/C54H55F3N10O9S2/c1-29-46(77-28-61-29)34-11-9-31(10-12-34)24-60-51(71)41-23-38(68)26-67(41)52(72)47(54(3,4)5)63-50(70)36-8-6-7-32(21-36)27-75-39-18-20-43(59-25-39)62-49-44(48(58)69)45(64-65-49)35-15-19-40(66-78(73,74)53(56)57)42(22-35)76-30(2)33-13-16-37(55)17-14-33/h6-22,25,28,30,38,41,47,53,66,68H,23-24,26-27H2,1-5H3,(H2,58,69)(H,60,71)(H,63,70)(H2,59,62,64,65)/t30-,38+,41-,47+/m0/s1. The number of thiazole rings is 1. The Balaban J connectivity index is 0.896. The van der Waals surface area contributed by atoms with E-state index in [9.17, 15) is 45.9 Å². The zero-order valence-electron chi connectivity index (χ0n) is 42.7. The van der Waals surface area contributed by atoms with Gasteiger partial charge in [-0.05, 0) is 90.0 Å². The number of aromatic amines is 1. The molecular weight excluding hydrogens is 1050 g/mol. The Kier molecular flexibility index (Phi) is 16.8. The predicted molar refractivity (Wildman–Crippen MR) is 286 cm³/mol. The summed E-state index contributed by atoms with van der Waals surface area (Å²) in [5.41, 5.74) is 10.6. The van der Waals surface area contributed by atoms with Gasteiger partial charge in [-0.15, -0.1) is 11.3 Å². The molecule has 8 N–H and O–H groups in total. The van der Waals surface area contributed by atoms with Gasteiger partial charge in [-0.2, -0.15) is 13.9 Å². The molecule has 0 radical (unpaired) electrons. The molecule has 0 bridgehead atoms. The number of rotatable bonds is 20. The zero-order valence-corrected chi connectivity index (χ0v) is 44.3. The highest BCUT2D eigenvalue weighted by molar-refractivity contribution is 7.93. The molecule has 8 rings (SSSR count). The Morgan fingerprint density at radius 3 is 2.33 bits per heavy atom. The minimum absolute atomic E-state index is 0.00206. The van der Waals surface area contributed by atoms with Gasteiger partial charge >= 0.3 is 5.76 Å². The second-order valence-corrected chi connectivity index (χ2v) is 22.0. The van der Waals surface area contributed by atoms with Crippen LogP contribution < -0.4 is 35.9 Å². The summed E-state index contributed by atoms with van der Waals surface area (Å²) in [5.74, 6) is -6.34. The van der Waals surface area contributed by atoms with E-state index in [1.165, 1.54) is 47.5 Å². The molecule has 1 aliphatic heterocycles. The average Bonchev–Trinajstić information content (AvgIpc) is 4.18. The number of nitrogens with two attached hydrogens (primary N) is 1. The van der Waals surface area contributed by atoms with Crippen LogP contribution in [0.1, 0.15) is 83.3 Å². The van der Waals surface area contributed by atoms with E-state index in [-0.39, 0.29) is 71.6 Å². The number of nitrogens with zero attached hydrogens (tertiary/aromatic N) is 4. The van der Waals surface area contributed by atoms with Crippen molar-refractivity contribution in [1.82, 2.24) is 35.7 Å². The lowest BCUT2D eigenvalue weighted by molar-refractivity contribution is -0.142. The van der Waals surface area contributed by atoms with Crippen molar-refractivity contribution in [1.29, 1.82) is 0 Å². The number of halogens is 3. The van der Waals surface area contributed by atoms with Crippen molar-refractivity contribution in [3.63, 3.8) is 0 Å². The van der Waals surface area contributed by atoms with Crippen molar-refractivity contribution < 1.29 is 55.3 Å². The van der Waals surface area contributed by atoms with Crippen LogP contribution in [-0.4, -0.2) is 92.7 Å². The van der Waals surface area contributed by atoms with Gasteiger partial charge in [0, 0.05) is 30.6 Å². The summed E-state index contributed by atoms with van der Waals surface area (Å²) in [4.78, 5) is 65.7. The van der Waals surface area contributed by atoms with Gasteiger partial charge in [0.25, 0.3) is 21.8 Å². The molecule has 1 fully saturated rings. The topological polar surface area (TPSA) is 273 Å². The maximum atomic E-state index is 14.3. The molecule has 0 saturated carbocycles. The number of amides is 4. The maximum absolute atomic E-state index is 14.3. The number of alkyl halides is 2. The van der Waals surface area contributed by atoms with Crippen molar-refractivity contribution in [3.8, 4) is 33.2 Å². The van der Waals surface area contributed by atoms with Gasteiger partial charge in [0.2, 0.25) is 11.8 Å². The summed E-state index contributed by atoms with van der Waals surface area (Å²) in [5, 5.41) is 26.4. The molecule has 1 saturated heterocycles. The number of β-amino-alcohol motifs (C(OH)–C–C–N with tert-alkyl or cyclic N) is 1. The Morgan fingerprint density at radius 2 is 1.68 bits per heavy atom. The van der Waals surface area contributed by atoms with Crippen LogP contribution in [0.5, 0.6) is 11.5 Å². The number of anilines is 3. The number of benzene rings is 4. The van der Waals surface area contributed by atoms with Crippen molar-refractivity contribution in [2.24, 2.45) is 11.1 Å². The van der Waals surface area contributed by atoms with E-state index in [4.69, 9.17) is 15.2 Å². The molecule has 4 amide bonds. The molecule has 7 aromatic rings. The minimum Gasteiger partial charge on any atom is -0.487 e. The molecule has 78 heavy (non-hydrogen) atoms. The molecule has 0 aliphatic carbocycles. The molecule has 4 heterocycles. The zero-order chi connectivity index (χ0) is 56.1. The summed E-state index contributed by atoms with van der Waals surface area (Å²) in [6, 6.07) is 24.5. The van der Waals surface area contributed by atoms with E-state index in [1.807, 2.05) is 35.9 Å². The number of aryl methyl sites for hydroxylation is 1. The first-order chi connectivity index (χ1) is 37.0. The summed E-state index contributed by atoms with van der Waals surface area (Å²) >= 11 is 1.55. The number of carbonyl (C=O) groups is 4. The number of aliphatic hydroxyl groups is 1. The number of nitrogens with one attached hydrogen (secondary N) is 5. The molecular formula is C54H55F3N10O9S2. The molecule has 24 heteroatoms. The fraction of sp³-hybridized carbons (Fsp3) is 0.278. The number of hydrogen-bond donors (Lipinski definition) is 7. The van der Waals surface area contributed by atoms with Gasteiger partial charge < -0.3 is 41.2 Å². The highest BCUT2D eigenvalue weighted by Gasteiger charge is 2.44. The normalized spacial score (nSPS) is 15.3. The molecule has 4 atom stereocenters. The van der Waals surface area contributed by atoms with E-state index in [2.05, 4.69) is 36.1 Å². The summed E-state index contributed by atoms with van der Waals surface area (Å²) in [6.07, 6.45) is -0.339. The fourth-order valence-corrected chi connectivity index (χ4v) is 9.93. The van der Waals surface area contributed by atoms with Crippen molar-refractivity contribution in [3.05, 3.63) is 154 Å². The fourth-order valence-electron chi connectivity index (χ4n) is 8.55. The number of likely N-dealkylation sites (tertiary alicyclic amines) is 1. The van der Waals surface area contributed by atoms with Crippen LogP contribution in [0.25, 0.3) is 21.7 Å². The van der Waals surface area contributed by atoms with Gasteiger partial charge in [0.15, 0.2) is 0 Å². The largest absolute Gasteiger partial charge is 0.487 e. The minimum atomic E-state index is -5.14. The van der Waals surface area contributed by atoms with E-state index in [1.54, 1.807) is 80.9 Å². The summed E-state index contributed by atoms with van der Waals surface area (Å²) in [6.45, 7) is 9.03. The monoisotopic (exact) mass is 1110 g/mol. The van der Waals surface area contributed by atoms with Crippen LogP contribution in [0.15, 0.2) is 115 Å². The van der Waals surface area contributed by atoms with Crippen molar-refractivity contribution in [2.45, 2.75) is 84.2 Å². The Morgan fingerprint density at radius 1 is 0.949 bits per heavy atom. The Labute approximate surface area is 450 Å².